The van der Waals surface area contributed by atoms with Gasteiger partial charge in [-0.25, -0.2) is 4.79 Å². The number of aliphatic hydroxyl groups is 2. The van der Waals surface area contributed by atoms with Crippen LogP contribution in [0.15, 0.2) is 23.3 Å². The van der Waals surface area contributed by atoms with Crippen LogP contribution in [0, 0.1) is 29.6 Å². The van der Waals surface area contributed by atoms with E-state index in [0.717, 1.165) is 11.1 Å². The minimum Gasteiger partial charge on any atom is -0.456 e. The predicted molar refractivity (Wildman–Crippen MR) is 244 cm³/mol. The molecule has 1 saturated carbocycles. The highest BCUT2D eigenvalue weighted by molar-refractivity contribution is 6.74. The lowest BCUT2D eigenvalue weighted by molar-refractivity contribution is -0.302. The molecule has 1 aliphatic carbocycles. The molecule has 0 spiro atoms. The predicted octanol–water partition coefficient (Wildman–Crippen LogP) is 7.50. The van der Waals surface area contributed by atoms with Gasteiger partial charge in [-0.15, -0.1) is 0 Å². The summed E-state index contributed by atoms with van der Waals surface area (Å²) in [5.74, 6) is -6.88. The molecule has 1 amide bonds. The van der Waals surface area contributed by atoms with Crippen molar-refractivity contribution in [1.29, 1.82) is 0 Å². The maximum Gasteiger partial charge on any atom is 0.329 e. The SMILES string of the molecule is CCC1C=C(C)CC(C)CC(OC)C2OC(O)(C(=O)C(=O)N3CCCCC3C(=O)OC(C(C)=CC3CC[C@H](O)C(OC)C3)C(C)C(O[Si](C)(C)C(C)(C)C)CC1=O)C(C)CC2OC. The lowest BCUT2D eigenvalue weighted by Crippen LogP contribution is -2.64. The first-order chi connectivity index (χ1) is 29.4. The largest absolute Gasteiger partial charge is 0.456 e. The Morgan fingerprint density at radius 3 is 2.16 bits per heavy atom. The topological polar surface area (TPSA) is 167 Å². The highest BCUT2D eigenvalue weighted by Crippen LogP contribution is 2.42. The van der Waals surface area contributed by atoms with E-state index < -0.39 is 86.3 Å². The summed E-state index contributed by atoms with van der Waals surface area (Å²) in [5, 5.41) is 22.6. The number of hydrogen-bond acceptors (Lipinski definition) is 12. The van der Waals surface area contributed by atoms with Gasteiger partial charge in [-0.2, -0.15) is 0 Å². The van der Waals surface area contributed by atoms with Crippen LogP contribution in [0.2, 0.25) is 18.1 Å². The van der Waals surface area contributed by atoms with E-state index in [2.05, 4.69) is 52.9 Å². The van der Waals surface area contributed by atoms with Crippen molar-refractivity contribution in [2.45, 2.75) is 206 Å². The summed E-state index contributed by atoms with van der Waals surface area (Å²) >= 11 is 0. The zero-order valence-electron chi connectivity index (χ0n) is 41.1. The number of aliphatic hydroxyl groups excluding tert-OH is 1. The van der Waals surface area contributed by atoms with E-state index in [9.17, 15) is 29.4 Å². The van der Waals surface area contributed by atoms with Crippen LogP contribution >= 0.6 is 0 Å². The third kappa shape index (κ3) is 12.8. The highest BCUT2D eigenvalue weighted by Gasteiger charge is 2.57. The minimum atomic E-state index is -2.52. The van der Waals surface area contributed by atoms with Gasteiger partial charge in [0.2, 0.25) is 5.79 Å². The number of methoxy groups -OCH3 is 3. The van der Waals surface area contributed by atoms with Crippen molar-refractivity contribution in [3.8, 4) is 0 Å². The van der Waals surface area contributed by atoms with Gasteiger partial charge in [0.25, 0.3) is 11.7 Å². The van der Waals surface area contributed by atoms with Crippen molar-refractivity contribution < 1.29 is 57.5 Å². The zero-order chi connectivity index (χ0) is 47.2. The second kappa shape index (κ2) is 22.5. The zero-order valence-corrected chi connectivity index (χ0v) is 42.1. The van der Waals surface area contributed by atoms with E-state index in [4.69, 9.17) is 28.1 Å². The summed E-state index contributed by atoms with van der Waals surface area (Å²) in [6, 6.07) is -1.11. The van der Waals surface area contributed by atoms with Crippen molar-refractivity contribution in [3.63, 3.8) is 0 Å². The summed E-state index contributed by atoms with van der Waals surface area (Å²) < 4.78 is 37.6. The number of carbonyl (C=O) groups excluding carboxylic acids is 4. The molecule has 2 N–H and O–H groups in total. The van der Waals surface area contributed by atoms with Gasteiger partial charge in [-0.1, -0.05) is 66.2 Å². The van der Waals surface area contributed by atoms with Crippen LogP contribution < -0.4 is 0 Å². The molecule has 63 heavy (non-hydrogen) atoms. The van der Waals surface area contributed by atoms with E-state index in [1.54, 1.807) is 28.3 Å². The molecule has 0 radical (unpaired) electrons. The Labute approximate surface area is 379 Å². The van der Waals surface area contributed by atoms with Gasteiger partial charge in [0.05, 0.1) is 30.5 Å². The van der Waals surface area contributed by atoms with Crippen molar-refractivity contribution >= 4 is 31.8 Å². The lowest BCUT2D eigenvalue weighted by atomic mass is 9.81. The molecule has 3 fully saturated rings. The molecule has 3 aliphatic heterocycles. The summed E-state index contributed by atoms with van der Waals surface area (Å²) in [5.41, 5.74) is 1.82. The first-order valence-electron chi connectivity index (χ1n) is 23.7. The quantitative estimate of drug-likeness (QED) is 0.107. The van der Waals surface area contributed by atoms with E-state index >= 15 is 0 Å². The molecule has 2 saturated heterocycles. The molecule has 0 aromatic carbocycles. The first kappa shape index (κ1) is 53.3. The summed E-state index contributed by atoms with van der Waals surface area (Å²) in [6.07, 6.45) is 5.14. The number of fused-ring (bicyclic) bond motifs is 3. The number of rotatable bonds is 8. The third-order valence-electron chi connectivity index (χ3n) is 15.1. The second-order valence-electron chi connectivity index (χ2n) is 21.0. The Kier molecular flexibility index (Phi) is 19.0. The van der Waals surface area contributed by atoms with Crippen molar-refractivity contribution in [2.75, 3.05) is 27.9 Å². The summed E-state index contributed by atoms with van der Waals surface area (Å²) in [6.45, 7) is 22.6. The number of allylic oxidation sites excluding steroid dienone is 3. The number of nitrogens with zero attached hydrogens (tertiary/aromatic N) is 1. The molecule has 0 aromatic heterocycles. The van der Waals surface area contributed by atoms with Crippen LogP contribution in [-0.2, 0) is 47.3 Å². The van der Waals surface area contributed by atoms with Gasteiger partial charge in [-0.05, 0) is 114 Å². The number of hydrogen-bond donors (Lipinski definition) is 2. The Morgan fingerprint density at radius 1 is 0.921 bits per heavy atom. The molecule has 4 aliphatic rings. The van der Waals surface area contributed by atoms with Crippen LogP contribution in [0.4, 0.5) is 0 Å². The summed E-state index contributed by atoms with van der Waals surface area (Å²) in [4.78, 5) is 59.5. The van der Waals surface area contributed by atoms with E-state index in [1.807, 2.05) is 27.7 Å². The van der Waals surface area contributed by atoms with Gasteiger partial charge < -0.3 is 43.2 Å². The molecule has 14 atom stereocenters. The van der Waals surface area contributed by atoms with Gasteiger partial charge in [-0.3, -0.25) is 14.4 Å². The lowest BCUT2D eigenvalue weighted by Gasteiger charge is -2.47. The number of piperidine rings is 1. The Balaban J connectivity index is 1.88. The summed E-state index contributed by atoms with van der Waals surface area (Å²) in [7, 11) is 2.19. The molecular formula is C49H83NO12Si. The average molecular weight is 906 g/mol. The van der Waals surface area contributed by atoms with E-state index in [-0.39, 0.29) is 60.5 Å². The van der Waals surface area contributed by atoms with Gasteiger partial charge in [0.15, 0.2) is 8.32 Å². The molecule has 14 heteroatoms. The molecule has 4 rings (SSSR count). The van der Waals surface area contributed by atoms with Crippen molar-refractivity contribution in [1.82, 2.24) is 4.90 Å². The van der Waals surface area contributed by atoms with Gasteiger partial charge >= 0.3 is 5.97 Å². The smallest absolute Gasteiger partial charge is 0.329 e. The number of cyclic esters (lactones) is 1. The Morgan fingerprint density at radius 2 is 1.56 bits per heavy atom. The molecule has 13 nitrogen and oxygen atoms in total. The van der Waals surface area contributed by atoms with Crippen LogP contribution in [0.5, 0.6) is 0 Å². The maximum atomic E-state index is 14.8. The normalized spacial score (nSPS) is 38.0. The molecule has 13 unspecified atom stereocenters. The maximum absolute atomic E-state index is 14.8. The monoisotopic (exact) mass is 906 g/mol. The average Bonchev–Trinajstić information content (AvgIpc) is 3.23. The van der Waals surface area contributed by atoms with Gasteiger partial charge in [0.1, 0.15) is 24.0 Å². The van der Waals surface area contributed by atoms with E-state index in [0.29, 0.717) is 51.4 Å². The molecule has 2 bridgehead atoms. The number of ketones is 2. The number of esters is 1. The molecule has 3 heterocycles. The third-order valence-corrected chi connectivity index (χ3v) is 19.6. The standard InChI is InChI=1S/C49H83NO12Si/c1-15-35-23-29(2)22-30(3)24-41(58-11)44-42(59-12)26-32(5)49(56,61-44)45(53)46(54)50-21-17-16-18-36(50)47(55)60-43(31(4)25-34-19-20-37(51)40(27-34)57-10)33(6)39(28-38(35)52)62-63(13,14)48(7,8)9/h23,25,30,32-37,39-44,51,56H,15-22,24,26-28H2,1-14H3/t30?,32?,33?,34?,35?,36?,37-,39?,40?,41?,42?,43?,44?,49?/m0/s1. The molecule has 0 aromatic rings. The number of amides is 1. The van der Waals surface area contributed by atoms with Crippen molar-refractivity contribution in [2.24, 2.45) is 29.6 Å². The Hall–Kier alpha value is -2.30. The number of carbonyl (C=O) groups is 4. The fourth-order valence-corrected chi connectivity index (χ4v) is 11.5. The van der Waals surface area contributed by atoms with Gasteiger partial charge in [0, 0.05) is 52.0 Å². The molecular weight excluding hydrogens is 823 g/mol. The fourth-order valence-electron chi connectivity index (χ4n) is 10.1. The Bertz CT molecular complexity index is 1640. The van der Waals surface area contributed by atoms with Crippen LogP contribution in [-0.4, -0.2) is 129 Å². The van der Waals surface area contributed by atoms with E-state index in [1.165, 1.54) is 4.90 Å². The number of Topliss-reactive ketones (excluding diaryl/α,β-unsaturated/α-hetero) is 2. The minimum absolute atomic E-state index is 0.0265. The van der Waals surface area contributed by atoms with Crippen LogP contribution in [0.1, 0.15) is 133 Å². The molecule has 360 valence electrons. The number of ether oxygens (including phenoxy) is 5. The second-order valence-corrected chi connectivity index (χ2v) is 25.8. The fraction of sp³-hybridized carbons (Fsp3) is 0.837. The first-order valence-corrected chi connectivity index (χ1v) is 26.6. The highest BCUT2D eigenvalue weighted by atomic mass is 28.4. The van der Waals surface area contributed by atoms with Crippen molar-refractivity contribution in [3.05, 3.63) is 23.3 Å². The van der Waals surface area contributed by atoms with Crippen LogP contribution in [0.25, 0.3) is 0 Å². The van der Waals surface area contributed by atoms with Crippen LogP contribution in [0.3, 0.4) is 0 Å².